The quantitative estimate of drug-likeness (QED) is 0.857. The largest absolute Gasteiger partial charge is 0.496 e. The maximum Gasteiger partial charge on any atom is 0.122 e. The number of benzene rings is 1. The van der Waals surface area contributed by atoms with Gasteiger partial charge in [-0.15, -0.1) is 0 Å². The predicted molar refractivity (Wildman–Crippen MR) is 77.7 cm³/mol. The molecular weight excluding hydrogens is 240 g/mol. The number of methoxy groups -OCH3 is 1. The van der Waals surface area contributed by atoms with E-state index < -0.39 is 6.10 Å². The van der Waals surface area contributed by atoms with Gasteiger partial charge in [0.25, 0.3) is 0 Å². The van der Waals surface area contributed by atoms with Crippen LogP contribution < -0.4 is 4.74 Å². The predicted octanol–water partition coefficient (Wildman–Crippen LogP) is 3.41. The summed E-state index contributed by atoms with van der Waals surface area (Å²) in [7, 11) is 1.66. The van der Waals surface area contributed by atoms with Gasteiger partial charge in [-0.1, -0.05) is 13.8 Å². The third kappa shape index (κ3) is 3.71. The normalized spacial score (nSPS) is 14.5. The molecule has 0 aliphatic carbocycles. The second-order valence-corrected chi connectivity index (χ2v) is 5.29. The number of rotatable bonds is 6. The maximum atomic E-state index is 10.6. The molecule has 0 fully saturated rings. The summed E-state index contributed by atoms with van der Waals surface area (Å²) in [6.45, 7) is 10.7. The number of aryl methyl sites for hydroxylation is 2. The van der Waals surface area contributed by atoms with Gasteiger partial charge in [0, 0.05) is 6.61 Å². The third-order valence-electron chi connectivity index (χ3n) is 3.43. The van der Waals surface area contributed by atoms with Crippen molar-refractivity contribution in [1.29, 1.82) is 0 Å². The zero-order chi connectivity index (χ0) is 14.6. The zero-order valence-corrected chi connectivity index (χ0v) is 12.9. The van der Waals surface area contributed by atoms with E-state index in [1.54, 1.807) is 7.11 Å². The minimum Gasteiger partial charge on any atom is -0.496 e. The molecule has 108 valence electrons. The molecule has 1 rings (SSSR count). The van der Waals surface area contributed by atoms with Gasteiger partial charge in [-0.05, 0) is 55.5 Å². The second kappa shape index (κ2) is 6.92. The summed E-state index contributed by atoms with van der Waals surface area (Å²) >= 11 is 0. The van der Waals surface area contributed by atoms with Crippen LogP contribution in [0.3, 0.4) is 0 Å². The number of hydrogen-bond donors (Lipinski definition) is 1. The van der Waals surface area contributed by atoms with Crippen LogP contribution in [0.4, 0.5) is 0 Å². The summed E-state index contributed by atoms with van der Waals surface area (Å²) in [5, 5.41) is 10.6. The van der Waals surface area contributed by atoms with Crippen molar-refractivity contribution in [3.8, 4) is 5.75 Å². The fourth-order valence-corrected chi connectivity index (χ4v) is 2.37. The first-order valence-electron chi connectivity index (χ1n) is 6.87. The van der Waals surface area contributed by atoms with Crippen molar-refractivity contribution in [2.24, 2.45) is 5.92 Å². The van der Waals surface area contributed by atoms with Crippen LogP contribution >= 0.6 is 0 Å². The Morgan fingerprint density at radius 2 is 1.79 bits per heavy atom. The second-order valence-electron chi connectivity index (χ2n) is 5.29. The Labute approximate surface area is 116 Å². The van der Waals surface area contributed by atoms with Crippen molar-refractivity contribution in [2.45, 2.75) is 46.8 Å². The molecule has 0 saturated heterocycles. The van der Waals surface area contributed by atoms with Gasteiger partial charge in [-0.25, -0.2) is 0 Å². The lowest BCUT2D eigenvalue weighted by Crippen LogP contribution is -2.28. The van der Waals surface area contributed by atoms with Crippen LogP contribution in [0.25, 0.3) is 0 Å². The molecule has 0 spiro atoms. The van der Waals surface area contributed by atoms with Gasteiger partial charge in [0.15, 0.2) is 0 Å². The monoisotopic (exact) mass is 266 g/mol. The van der Waals surface area contributed by atoms with Gasteiger partial charge in [-0.2, -0.15) is 0 Å². The molecule has 1 aromatic rings. The van der Waals surface area contributed by atoms with Crippen molar-refractivity contribution < 1.29 is 14.6 Å². The summed E-state index contributed by atoms with van der Waals surface area (Å²) in [6.07, 6.45) is -0.791. The Bertz CT molecular complexity index is 413. The molecule has 1 aromatic carbocycles. The van der Waals surface area contributed by atoms with Crippen LogP contribution in [-0.2, 0) is 4.74 Å². The van der Waals surface area contributed by atoms with E-state index in [-0.39, 0.29) is 12.0 Å². The Morgan fingerprint density at radius 3 is 2.26 bits per heavy atom. The summed E-state index contributed by atoms with van der Waals surface area (Å²) in [6, 6.07) is 3.96. The molecular formula is C16H26O3. The van der Waals surface area contributed by atoms with Crippen molar-refractivity contribution in [3.63, 3.8) is 0 Å². The summed E-state index contributed by atoms with van der Waals surface area (Å²) < 4.78 is 11.0. The Morgan fingerprint density at radius 1 is 1.16 bits per heavy atom. The number of aliphatic hydroxyl groups excluding tert-OH is 1. The molecule has 0 bridgehead atoms. The maximum absolute atomic E-state index is 10.6. The third-order valence-corrected chi connectivity index (χ3v) is 3.43. The fourth-order valence-electron chi connectivity index (χ4n) is 2.37. The molecule has 2 unspecified atom stereocenters. The van der Waals surface area contributed by atoms with Gasteiger partial charge in [0.05, 0.1) is 13.2 Å². The summed E-state index contributed by atoms with van der Waals surface area (Å²) in [5.41, 5.74) is 2.98. The van der Waals surface area contributed by atoms with Gasteiger partial charge < -0.3 is 14.6 Å². The first-order chi connectivity index (χ1) is 8.92. The molecule has 0 radical (unpaired) electrons. The highest BCUT2D eigenvalue weighted by molar-refractivity contribution is 5.42. The van der Waals surface area contributed by atoms with E-state index in [1.165, 1.54) is 0 Å². The molecule has 0 saturated carbocycles. The van der Waals surface area contributed by atoms with Crippen LogP contribution in [-0.4, -0.2) is 24.9 Å². The minimum absolute atomic E-state index is 0.184. The van der Waals surface area contributed by atoms with Crippen LogP contribution in [0.2, 0.25) is 0 Å². The molecule has 1 N–H and O–H groups in total. The lowest BCUT2D eigenvalue weighted by Gasteiger charge is -2.28. The SMILES string of the molecule is CCOC(C(C)C)C(O)c1cc(C)c(OC)cc1C. The highest BCUT2D eigenvalue weighted by Gasteiger charge is 2.26. The molecule has 0 amide bonds. The first kappa shape index (κ1) is 16.0. The van der Waals surface area contributed by atoms with E-state index in [9.17, 15) is 5.11 Å². The van der Waals surface area contributed by atoms with Crippen molar-refractivity contribution >= 4 is 0 Å². The van der Waals surface area contributed by atoms with Crippen molar-refractivity contribution in [2.75, 3.05) is 13.7 Å². The van der Waals surface area contributed by atoms with E-state index in [0.717, 1.165) is 22.4 Å². The first-order valence-corrected chi connectivity index (χ1v) is 6.87. The van der Waals surface area contributed by atoms with Crippen molar-refractivity contribution in [3.05, 3.63) is 28.8 Å². The number of hydrogen-bond acceptors (Lipinski definition) is 3. The Hall–Kier alpha value is -1.06. The number of ether oxygens (including phenoxy) is 2. The van der Waals surface area contributed by atoms with Gasteiger partial charge in [0.2, 0.25) is 0 Å². The Balaban J connectivity index is 3.10. The van der Waals surface area contributed by atoms with E-state index in [1.807, 2.05) is 32.9 Å². The van der Waals surface area contributed by atoms with Gasteiger partial charge in [-0.3, -0.25) is 0 Å². The van der Waals surface area contributed by atoms with Crippen LogP contribution in [0, 0.1) is 19.8 Å². The molecule has 3 heteroatoms. The summed E-state index contributed by atoms with van der Waals surface area (Å²) in [4.78, 5) is 0. The highest BCUT2D eigenvalue weighted by Crippen LogP contribution is 2.31. The van der Waals surface area contributed by atoms with Crippen LogP contribution in [0.5, 0.6) is 5.75 Å². The lowest BCUT2D eigenvalue weighted by molar-refractivity contribution is -0.0588. The average Bonchev–Trinajstić information content (AvgIpc) is 2.37. The van der Waals surface area contributed by atoms with Crippen LogP contribution in [0.1, 0.15) is 43.6 Å². The van der Waals surface area contributed by atoms with Crippen molar-refractivity contribution in [1.82, 2.24) is 0 Å². The fraction of sp³-hybridized carbons (Fsp3) is 0.625. The van der Waals surface area contributed by atoms with Gasteiger partial charge in [0.1, 0.15) is 11.9 Å². The zero-order valence-electron chi connectivity index (χ0n) is 12.9. The molecule has 0 aliphatic rings. The average molecular weight is 266 g/mol. The molecule has 0 aromatic heterocycles. The number of aliphatic hydroxyl groups is 1. The van der Waals surface area contributed by atoms with E-state index >= 15 is 0 Å². The smallest absolute Gasteiger partial charge is 0.122 e. The highest BCUT2D eigenvalue weighted by atomic mass is 16.5. The van der Waals surface area contributed by atoms with E-state index in [2.05, 4.69) is 13.8 Å². The summed E-state index contributed by atoms with van der Waals surface area (Å²) in [5.74, 6) is 1.11. The van der Waals surface area contributed by atoms with E-state index in [0.29, 0.717) is 6.61 Å². The van der Waals surface area contributed by atoms with E-state index in [4.69, 9.17) is 9.47 Å². The topological polar surface area (TPSA) is 38.7 Å². The van der Waals surface area contributed by atoms with Gasteiger partial charge >= 0.3 is 0 Å². The standard InChI is InChI=1S/C16H26O3/c1-7-19-16(10(2)3)15(17)13-8-12(5)14(18-6)9-11(13)4/h8-10,15-17H,7H2,1-6H3. The lowest BCUT2D eigenvalue weighted by atomic mass is 9.92. The molecule has 2 atom stereocenters. The minimum atomic E-state index is -0.607. The molecule has 19 heavy (non-hydrogen) atoms. The Kier molecular flexibility index (Phi) is 5.83. The molecule has 0 heterocycles. The molecule has 3 nitrogen and oxygen atoms in total. The molecule has 0 aliphatic heterocycles. The van der Waals surface area contributed by atoms with Crippen LogP contribution in [0.15, 0.2) is 12.1 Å².